The monoisotopic (exact) mass is 450 g/mol. The number of anilines is 1. The van der Waals surface area contributed by atoms with E-state index in [1.54, 1.807) is 36.4 Å². The van der Waals surface area contributed by atoms with E-state index < -0.39 is 46.4 Å². The molecule has 2 amide bonds. The predicted octanol–water partition coefficient (Wildman–Crippen LogP) is 2.85. The summed E-state index contributed by atoms with van der Waals surface area (Å²) in [7, 11) is 0. The fraction of sp³-hybridized carbons (Fsp3) is 0.182. The Bertz CT molecular complexity index is 1230. The van der Waals surface area contributed by atoms with E-state index in [1.807, 2.05) is 0 Å². The predicted molar refractivity (Wildman–Crippen MR) is 115 cm³/mol. The van der Waals surface area contributed by atoms with E-state index in [-0.39, 0.29) is 11.3 Å². The van der Waals surface area contributed by atoms with E-state index in [9.17, 15) is 24.5 Å². The van der Waals surface area contributed by atoms with E-state index in [4.69, 9.17) is 11.6 Å². The van der Waals surface area contributed by atoms with Gasteiger partial charge in [0.1, 0.15) is 6.04 Å². The van der Waals surface area contributed by atoms with E-state index in [1.165, 1.54) is 35.5 Å². The highest BCUT2D eigenvalue weighted by molar-refractivity contribution is 6.31. The molecule has 32 heavy (non-hydrogen) atoms. The number of carbonyl (C=O) groups is 3. The van der Waals surface area contributed by atoms with Crippen LogP contribution in [-0.2, 0) is 9.59 Å². The molecule has 10 heteroatoms. The average Bonchev–Trinajstić information content (AvgIpc) is 3.27. The number of hydrogen-bond donors (Lipinski definition) is 0. The molecule has 0 radical (unpaired) electrons. The summed E-state index contributed by atoms with van der Waals surface area (Å²) in [6, 6.07) is 9.98. The van der Waals surface area contributed by atoms with Crippen molar-refractivity contribution >= 4 is 46.8 Å². The summed E-state index contributed by atoms with van der Waals surface area (Å²) in [5.41, 5.74) is 0.217. The van der Waals surface area contributed by atoms with Crippen molar-refractivity contribution in [1.29, 1.82) is 0 Å². The van der Waals surface area contributed by atoms with Crippen molar-refractivity contribution in [3.8, 4) is 0 Å². The molecule has 0 aliphatic carbocycles. The summed E-state index contributed by atoms with van der Waals surface area (Å²) in [5.74, 6) is -3.22. The summed E-state index contributed by atoms with van der Waals surface area (Å²) in [6.07, 6.45) is 4.89. The minimum absolute atomic E-state index is 0.0820. The van der Waals surface area contributed by atoms with Crippen LogP contribution in [0.25, 0.3) is 0 Å². The molecular weight excluding hydrogens is 436 g/mol. The number of imide groups is 1. The number of non-ortho nitro benzene ring substituents is 1. The SMILES string of the molecule is O=C(c1cccc([N+](=O)[O-])c1)C1C2C(=O)N(c3ccc(Cl)cc3)C(=O)C2C2C=CC=NN21. The normalized spacial score (nSPS) is 25.8. The molecule has 0 spiro atoms. The number of Topliss-reactive ketones (excluding diaryl/α,β-unsaturated/α-hetero) is 1. The van der Waals surface area contributed by atoms with Gasteiger partial charge in [-0.05, 0) is 30.3 Å². The van der Waals surface area contributed by atoms with E-state index >= 15 is 0 Å². The topological polar surface area (TPSA) is 113 Å². The van der Waals surface area contributed by atoms with Gasteiger partial charge in [0.2, 0.25) is 11.8 Å². The fourth-order valence-corrected chi connectivity index (χ4v) is 4.75. The lowest BCUT2D eigenvalue weighted by Gasteiger charge is -2.30. The molecule has 5 rings (SSSR count). The quantitative estimate of drug-likeness (QED) is 0.306. The molecule has 9 nitrogen and oxygen atoms in total. The van der Waals surface area contributed by atoms with Gasteiger partial charge in [0.25, 0.3) is 5.69 Å². The number of hydrogen-bond acceptors (Lipinski definition) is 7. The van der Waals surface area contributed by atoms with Crippen molar-refractivity contribution in [2.75, 3.05) is 4.90 Å². The van der Waals surface area contributed by atoms with Gasteiger partial charge >= 0.3 is 0 Å². The highest BCUT2D eigenvalue weighted by Gasteiger charge is 2.64. The van der Waals surface area contributed by atoms with Gasteiger partial charge in [-0.2, -0.15) is 5.10 Å². The van der Waals surface area contributed by atoms with Crippen molar-refractivity contribution in [3.05, 3.63) is 81.4 Å². The van der Waals surface area contributed by atoms with Crippen LogP contribution in [0.5, 0.6) is 0 Å². The van der Waals surface area contributed by atoms with Gasteiger partial charge in [-0.15, -0.1) is 0 Å². The number of hydrazone groups is 1. The third-order valence-corrected chi connectivity index (χ3v) is 6.24. The van der Waals surface area contributed by atoms with Crippen LogP contribution in [0.15, 0.2) is 65.8 Å². The van der Waals surface area contributed by atoms with Crippen molar-refractivity contribution in [3.63, 3.8) is 0 Å². The zero-order valence-electron chi connectivity index (χ0n) is 16.4. The first-order chi connectivity index (χ1) is 15.4. The summed E-state index contributed by atoms with van der Waals surface area (Å²) < 4.78 is 0. The Hall–Kier alpha value is -3.85. The molecule has 0 aromatic heterocycles. The van der Waals surface area contributed by atoms with Gasteiger partial charge in [-0.1, -0.05) is 29.8 Å². The maximum absolute atomic E-state index is 13.5. The zero-order chi connectivity index (χ0) is 22.6. The van der Waals surface area contributed by atoms with Gasteiger partial charge in [-0.3, -0.25) is 29.5 Å². The summed E-state index contributed by atoms with van der Waals surface area (Å²) in [5, 5.41) is 17.4. The third kappa shape index (κ3) is 2.93. The van der Waals surface area contributed by atoms with Crippen LogP contribution in [0.3, 0.4) is 0 Å². The number of rotatable bonds is 4. The lowest BCUT2D eigenvalue weighted by atomic mass is 9.86. The number of ketones is 1. The third-order valence-electron chi connectivity index (χ3n) is 5.99. The highest BCUT2D eigenvalue weighted by Crippen LogP contribution is 2.46. The van der Waals surface area contributed by atoms with Crippen molar-refractivity contribution in [2.45, 2.75) is 12.1 Å². The van der Waals surface area contributed by atoms with Crippen LogP contribution >= 0.6 is 11.6 Å². The van der Waals surface area contributed by atoms with E-state index in [0.717, 1.165) is 4.90 Å². The molecule has 3 heterocycles. The van der Waals surface area contributed by atoms with Crippen molar-refractivity contribution in [2.24, 2.45) is 16.9 Å². The molecule has 0 N–H and O–H groups in total. The molecule has 2 aromatic carbocycles. The summed E-state index contributed by atoms with van der Waals surface area (Å²) >= 11 is 5.93. The number of halogens is 1. The molecule has 2 fully saturated rings. The van der Waals surface area contributed by atoms with Crippen LogP contribution in [0.1, 0.15) is 10.4 Å². The molecule has 3 aliphatic heterocycles. The van der Waals surface area contributed by atoms with Gasteiger partial charge in [0.05, 0.1) is 28.5 Å². The smallest absolute Gasteiger partial charge is 0.270 e. The Labute approximate surface area is 186 Å². The first-order valence-electron chi connectivity index (χ1n) is 9.79. The maximum atomic E-state index is 13.5. The lowest BCUT2D eigenvalue weighted by molar-refractivity contribution is -0.384. The molecule has 160 valence electrons. The lowest BCUT2D eigenvalue weighted by Crippen LogP contribution is -2.46. The Morgan fingerprint density at radius 2 is 1.78 bits per heavy atom. The maximum Gasteiger partial charge on any atom is 0.270 e. The van der Waals surface area contributed by atoms with Crippen molar-refractivity contribution in [1.82, 2.24) is 5.01 Å². The number of benzene rings is 2. The molecular formula is C22H15ClN4O5. The number of amides is 2. The highest BCUT2D eigenvalue weighted by atomic mass is 35.5. The van der Waals surface area contributed by atoms with Gasteiger partial charge in [-0.25, -0.2) is 4.90 Å². The van der Waals surface area contributed by atoms with Crippen LogP contribution in [0, 0.1) is 22.0 Å². The minimum Gasteiger partial charge on any atom is -0.292 e. The Kier molecular flexibility index (Phi) is 4.63. The number of nitrogens with zero attached hydrogens (tertiary/aromatic N) is 4. The molecule has 0 bridgehead atoms. The van der Waals surface area contributed by atoms with Gasteiger partial charge < -0.3 is 0 Å². The Balaban J connectivity index is 1.57. The number of fused-ring (bicyclic) bond motifs is 3. The van der Waals surface area contributed by atoms with Crippen molar-refractivity contribution < 1.29 is 19.3 Å². The van der Waals surface area contributed by atoms with Crippen LogP contribution in [-0.4, -0.2) is 45.8 Å². The second-order valence-corrected chi connectivity index (χ2v) is 8.11. The molecule has 2 saturated heterocycles. The zero-order valence-corrected chi connectivity index (χ0v) is 17.1. The first kappa shape index (κ1) is 20.1. The number of nitro benzene ring substituents is 1. The first-order valence-corrected chi connectivity index (χ1v) is 10.2. The van der Waals surface area contributed by atoms with Crippen LogP contribution < -0.4 is 4.90 Å². The molecule has 3 aliphatic rings. The van der Waals surface area contributed by atoms with Gasteiger partial charge in [0, 0.05) is 28.9 Å². The van der Waals surface area contributed by atoms with E-state index in [2.05, 4.69) is 5.10 Å². The largest absolute Gasteiger partial charge is 0.292 e. The Morgan fingerprint density at radius 1 is 1.06 bits per heavy atom. The number of carbonyl (C=O) groups excluding carboxylic acids is 3. The molecule has 0 saturated carbocycles. The second kappa shape index (κ2) is 7.38. The molecule has 4 atom stereocenters. The number of nitro groups is 1. The summed E-state index contributed by atoms with van der Waals surface area (Å²) in [4.78, 5) is 52.0. The molecule has 2 aromatic rings. The molecule has 4 unspecified atom stereocenters. The second-order valence-electron chi connectivity index (χ2n) is 7.68. The average molecular weight is 451 g/mol. The minimum atomic E-state index is -1.07. The number of allylic oxidation sites excluding steroid dienone is 1. The van der Waals surface area contributed by atoms with Crippen LogP contribution in [0.4, 0.5) is 11.4 Å². The van der Waals surface area contributed by atoms with E-state index in [0.29, 0.717) is 10.7 Å². The Morgan fingerprint density at radius 3 is 2.50 bits per heavy atom. The fourth-order valence-electron chi connectivity index (χ4n) is 4.63. The summed E-state index contributed by atoms with van der Waals surface area (Å²) in [6.45, 7) is 0. The van der Waals surface area contributed by atoms with Crippen LogP contribution in [0.2, 0.25) is 5.02 Å². The van der Waals surface area contributed by atoms with Gasteiger partial charge in [0.15, 0.2) is 5.78 Å². The standard InChI is InChI=1S/C22H15ClN4O5/c23-13-6-8-14(9-7-13)25-21(29)17-16-5-2-10-24-26(16)19(18(17)22(25)30)20(28)12-3-1-4-15(11-12)27(31)32/h1-11,16-19H.